The fourth-order valence-corrected chi connectivity index (χ4v) is 3.76. The van der Waals surface area contributed by atoms with Crippen LogP contribution in [-0.4, -0.2) is 55.2 Å². The summed E-state index contributed by atoms with van der Waals surface area (Å²) in [5.41, 5.74) is -0.0497. The van der Waals surface area contributed by atoms with E-state index in [1.165, 1.54) is 31.2 Å². The maximum Gasteiger partial charge on any atom is 0.348 e. The topological polar surface area (TPSA) is 160 Å². The molecule has 0 saturated heterocycles. The number of carbonyl (C=O) groups is 4. The van der Waals surface area contributed by atoms with Gasteiger partial charge >= 0.3 is 23.6 Å². The minimum absolute atomic E-state index is 0.00528. The van der Waals surface area contributed by atoms with E-state index in [-0.39, 0.29) is 45.7 Å². The number of nitro groups is 1. The van der Waals surface area contributed by atoms with Gasteiger partial charge in [-0.05, 0) is 32.4 Å². The molecule has 0 aliphatic carbocycles. The van der Waals surface area contributed by atoms with E-state index < -0.39 is 42.0 Å². The lowest BCUT2D eigenvalue weighted by Crippen LogP contribution is -2.24. The molecule has 34 heavy (non-hydrogen) atoms. The molecule has 12 nitrogen and oxygen atoms in total. The number of anilines is 1. The molecule has 1 aromatic heterocycles. The largest absolute Gasteiger partial charge is 0.475 e. The van der Waals surface area contributed by atoms with Gasteiger partial charge in [-0.2, -0.15) is 0 Å². The zero-order valence-electron chi connectivity index (χ0n) is 18.6. The van der Waals surface area contributed by atoms with Crippen molar-refractivity contribution in [2.45, 2.75) is 20.8 Å². The average molecular weight is 494 g/mol. The smallest absolute Gasteiger partial charge is 0.348 e. The first-order valence-electron chi connectivity index (χ1n) is 9.98. The standard InChI is InChI=1S/C21H22N2O10S/c1-4-30-20(26)17-12(3)18(21(27)31-5-2)34-19(17)22-15(24)10-33-16(25)11-32-14-9-7-6-8-13(14)23(28)29/h6-9H,4-5,10-11H2,1-3H3,(H,22,24). The van der Waals surface area contributed by atoms with Crippen LogP contribution in [-0.2, 0) is 23.8 Å². The summed E-state index contributed by atoms with van der Waals surface area (Å²) < 4.78 is 19.9. The lowest BCUT2D eigenvalue weighted by molar-refractivity contribution is -0.385. The van der Waals surface area contributed by atoms with Gasteiger partial charge in [0.2, 0.25) is 0 Å². The van der Waals surface area contributed by atoms with E-state index in [9.17, 15) is 29.3 Å². The number of carbonyl (C=O) groups excluding carboxylic acids is 4. The minimum atomic E-state index is -0.950. The second kappa shape index (κ2) is 12.3. The van der Waals surface area contributed by atoms with Crippen molar-refractivity contribution in [2.75, 3.05) is 31.7 Å². The minimum Gasteiger partial charge on any atom is -0.475 e. The van der Waals surface area contributed by atoms with Gasteiger partial charge in [0, 0.05) is 6.07 Å². The van der Waals surface area contributed by atoms with Gasteiger partial charge in [0.05, 0.1) is 23.7 Å². The highest BCUT2D eigenvalue weighted by molar-refractivity contribution is 7.18. The summed E-state index contributed by atoms with van der Waals surface area (Å²) in [4.78, 5) is 59.2. The summed E-state index contributed by atoms with van der Waals surface area (Å²) in [6.07, 6.45) is 0. The summed E-state index contributed by atoms with van der Waals surface area (Å²) in [5.74, 6) is -3.27. The van der Waals surface area contributed by atoms with E-state index in [4.69, 9.17) is 18.9 Å². The first-order valence-corrected chi connectivity index (χ1v) is 10.8. The zero-order chi connectivity index (χ0) is 25.3. The first kappa shape index (κ1) is 26.3. The molecule has 0 spiro atoms. The number of rotatable bonds is 11. The van der Waals surface area contributed by atoms with Gasteiger partial charge in [0.15, 0.2) is 19.0 Å². The van der Waals surface area contributed by atoms with E-state index in [0.29, 0.717) is 0 Å². The summed E-state index contributed by atoms with van der Waals surface area (Å²) in [5, 5.41) is 13.4. The molecule has 0 aliphatic rings. The maximum atomic E-state index is 12.4. The normalized spacial score (nSPS) is 10.2. The summed E-state index contributed by atoms with van der Waals surface area (Å²) in [6.45, 7) is 3.55. The average Bonchev–Trinajstić information content (AvgIpc) is 3.12. The number of nitro benzene ring substituents is 1. The Hall–Kier alpha value is -4.00. The van der Waals surface area contributed by atoms with Crippen molar-refractivity contribution in [1.29, 1.82) is 0 Å². The quantitative estimate of drug-likeness (QED) is 0.213. The van der Waals surface area contributed by atoms with Crippen molar-refractivity contribution in [3.05, 3.63) is 50.4 Å². The molecule has 182 valence electrons. The SMILES string of the molecule is CCOC(=O)c1sc(NC(=O)COC(=O)COc2ccccc2[N+](=O)[O-])c(C(=O)OCC)c1C. The molecule has 0 fully saturated rings. The number of hydrogen-bond donors (Lipinski definition) is 1. The zero-order valence-corrected chi connectivity index (χ0v) is 19.4. The van der Waals surface area contributed by atoms with E-state index in [0.717, 1.165) is 11.3 Å². The van der Waals surface area contributed by atoms with Gasteiger partial charge in [0.25, 0.3) is 5.91 Å². The lowest BCUT2D eigenvalue weighted by atomic mass is 10.1. The number of nitrogens with zero attached hydrogens (tertiary/aromatic N) is 1. The molecular formula is C21H22N2O10S. The van der Waals surface area contributed by atoms with Crippen LogP contribution in [0.5, 0.6) is 5.75 Å². The van der Waals surface area contributed by atoms with Crippen LogP contribution in [0.4, 0.5) is 10.7 Å². The Kier molecular flexibility index (Phi) is 9.49. The molecule has 0 saturated carbocycles. The second-order valence-electron chi connectivity index (χ2n) is 6.42. The van der Waals surface area contributed by atoms with E-state index in [2.05, 4.69) is 5.32 Å². The Bertz CT molecular complexity index is 1100. The van der Waals surface area contributed by atoms with Crippen LogP contribution in [0, 0.1) is 17.0 Å². The van der Waals surface area contributed by atoms with E-state index in [1.807, 2.05) is 0 Å². The molecular weight excluding hydrogens is 472 g/mol. The van der Waals surface area contributed by atoms with Gasteiger partial charge in [0.1, 0.15) is 9.88 Å². The number of thiophene rings is 1. The fourth-order valence-electron chi connectivity index (χ4n) is 2.66. The maximum absolute atomic E-state index is 12.4. The summed E-state index contributed by atoms with van der Waals surface area (Å²) in [7, 11) is 0. The van der Waals surface area contributed by atoms with Gasteiger partial charge in [-0.25, -0.2) is 14.4 Å². The van der Waals surface area contributed by atoms with E-state index in [1.54, 1.807) is 13.8 Å². The van der Waals surface area contributed by atoms with Crippen LogP contribution in [0.15, 0.2) is 24.3 Å². The number of nitrogens with one attached hydrogen (secondary N) is 1. The molecule has 1 aromatic carbocycles. The second-order valence-corrected chi connectivity index (χ2v) is 7.44. The van der Waals surface area contributed by atoms with Crippen molar-refractivity contribution >= 4 is 45.8 Å². The predicted octanol–water partition coefficient (Wildman–Crippen LogP) is 2.88. The Labute approximate surface area is 197 Å². The van der Waals surface area contributed by atoms with Crippen LogP contribution in [0.25, 0.3) is 0 Å². The number of para-hydroxylation sites is 2. The van der Waals surface area contributed by atoms with Gasteiger partial charge in [-0.1, -0.05) is 12.1 Å². The summed E-state index contributed by atoms with van der Waals surface area (Å²) >= 11 is 0.826. The first-order chi connectivity index (χ1) is 16.2. The van der Waals surface area contributed by atoms with Crippen molar-refractivity contribution in [2.24, 2.45) is 0 Å². The third kappa shape index (κ3) is 6.75. The molecule has 0 atom stereocenters. The molecule has 13 heteroatoms. The fraction of sp³-hybridized carbons (Fsp3) is 0.333. The Morgan fingerprint density at radius 3 is 2.29 bits per heavy atom. The Balaban J connectivity index is 2.03. The van der Waals surface area contributed by atoms with Crippen molar-refractivity contribution < 1.29 is 43.0 Å². The van der Waals surface area contributed by atoms with Crippen molar-refractivity contribution in [1.82, 2.24) is 0 Å². The molecule has 0 aliphatic heterocycles. The molecule has 0 radical (unpaired) electrons. The molecule has 0 unspecified atom stereocenters. The van der Waals surface area contributed by atoms with Crippen LogP contribution in [0.2, 0.25) is 0 Å². The van der Waals surface area contributed by atoms with Crippen molar-refractivity contribution in [3.63, 3.8) is 0 Å². The highest BCUT2D eigenvalue weighted by atomic mass is 32.1. The molecule has 1 heterocycles. The molecule has 1 amide bonds. The third-order valence-electron chi connectivity index (χ3n) is 4.11. The summed E-state index contributed by atoms with van der Waals surface area (Å²) in [6, 6.07) is 5.46. The van der Waals surface area contributed by atoms with Gasteiger partial charge < -0.3 is 24.3 Å². The molecule has 1 N–H and O–H groups in total. The Morgan fingerprint density at radius 2 is 1.65 bits per heavy atom. The highest BCUT2D eigenvalue weighted by Crippen LogP contribution is 2.34. The third-order valence-corrected chi connectivity index (χ3v) is 5.30. The number of amides is 1. The number of ether oxygens (including phenoxy) is 4. The number of hydrogen-bond acceptors (Lipinski definition) is 11. The van der Waals surface area contributed by atoms with Crippen LogP contribution in [0.3, 0.4) is 0 Å². The van der Waals surface area contributed by atoms with Gasteiger partial charge in [-0.3, -0.25) is 14.9 Å². The predicted molar refractivity (Wildman–Crippen MR) is 119 cm³/mol. The molecule has 2 aromatic rings. The van der Waals surface area contributed by atoms with Crippen LogP contribution < -0.4 is 10.1 Å². The van der Waals surface area contributed by atoms with Crippen LogP contribution in [0.1, 0.15) is 39.4 Å². The number of benzene rings is 1. The van der Waals surface area contributed by atoms with E-state index >= 15 is 0 Å². The number of esters is 3. The van der Waals surface area contributed by atoms with Gasteiger partial charge in [-0.15, -0.1) is 11.3 Å². The lowest BCUT2D eigenvalue weighted by Gasteiger charge is -2.09. The molecule has 0 bridgehead atoms. The Morgan fingerprint density at radius 1 is 1.00 bits per heavy atom. The van der Waals surface area contributed by atoms with Crippen molar-refractivity contribution in [3.8, 4) is 5.75 Å². The molecule has 2 rings (SSSR count). The monoisotopic (exact) mass is 494 g/mol. The van der Waals surface area contributed by atoms with Crippen LogP contribution >= 0.6 is 11.3 Å². The highest BCUT2D eigenvalue weighted by Gasteiger charge is 2.27.